The summed E-state index contributed by atoms with van der Waals surface area (Å²) in [5.74, 6) is 0. The summed E-state index contributed by atoms with van der Waals surface area (Å²) < 4.78 is 6.58. The van der Waals surface area contributed by atoms with Gasteiger partial charge < -0.3 is 14.4 Å². The Labute approximate surface area is 328 Å². The predicted molar refractivity (Wildman–Crippen MR) is 220 cm³/mol. The van der Waals surface area contributed by atoms with Crippen LogP contribution in [-0.4, -0.2) is 9.97 Å². The minimum Gasteiger partial charge on any atom is -0.500 e. The van der Waals surface area contributed by atoms with E-state index in [9.17, 15) is 0 Å². The fourth-order valence-corrected chi connectivity index (χ4v) is 7.27. The third kappa shape index (κ3) is 6.52. The Morgan fingerprint density at radius 2 is 1.28 bits per heavy atom. The Hall–Kier alpha value is -6.19. The monoisotopic (exact) mass is 871 g/mol. The van der Waals surface area contributed by atoms with Crippen LogP contribution in [-0.2, 0) is 20.1 Å². The Kier molecular flexibility index (Phi) is 9.71. The minimum absolute atomic E-state index is 0. The molecule has 0 N–H and O–H groups in total. The van der Waals surface area contributed by atoms with Gasteiger partial charge in [0.2, 0.25) is 0 Å². The van der Waals surface area contributed by atoms with Crippen molar-refractivity contribution in [2.45, 2.75) is 13.8 Å². The fourth-order valence-electron chi connectivity index (χ4n) is 7.27. The normalized spacial score (nSPS) is 11.0. The number of benzene rings is 7. The van der Waals surface area contributed by atoms with Crippen molar-refractivity contribution in [3.63, 3.8) is 0 Å². The Morgan fingerprint density at radius 3 is 2.11 bits per heavy atom. The van der Waals surface area contributed by atoms with E-state index in [1.807, 2.05) is 54.7 Å². The van der Waals surface area contributed by atoms with Gasteiger partial charge in [-0.25, -0.2) is 0 Å². The smallest absolute Gasteiger partial charge is 0.128 e. The molecule has 0 unspecified atom stereocenters. The number of fused-ring (bicyclic) bond motifs is 6. The summed E-state index contributed by atoms with van der Waals surface area (Å²) in [5.41, 5.74) is 12.7. The van der Waals surface area contributed by atoms with E-state index in [0.717, 1.165) is 55.4 Å². The van der Waals surface area contributed by atoms with Crippen LogP contribution in [0.2, 0.25) is 0 Å². The number of hydrogen-bond acceptors (Lipinski definition) is 3. The van der Waals surface area contributed by atoms with Gasteiger partial charge in [0.15, 0.2) is 0 Å². The van der Waals surface area contributed by atoms with E-state index in [4.69, 9.17) is 9.40 Å². The van der Waals surface area contributed by atoms with Crippen molar-refractivity contribution in [1.29, 1.82) is 0 Å². The van der Waals surface area contributed by atoms with Crippen LogP contribution < -0.4 is 0 Å². The number of pyridine rings is 2. The SMILES string of the molecule is Cc1cnc(-c2[c-]ccc3c2oc2c4ccccc4ccc32)cc1-c1ccc2cc(-c3ccccc3)ccc2c1C.[Ir].[c-]1ccccc1-c1ccccn1. The van der Waals surface area contributed by atoms with Crippen LogP contribution in [0, 0.1) is 26.0 Å². The molecule has 0 bridgehead atoms. The average molecular weight is 871 g/mol. The molecule has 4 heteroatoms. The molecular formula is C50H34IrN2O-2. The second-order valence-corrected chi connectivity index (χ2v) is 13.3. The second kappa shape index (κ2) is 15.0. The zero-order valence-corrected chi connectivity index (χ0v) is 32.2. The van der Waals surface area contributed by atoms with Crippen molar-refractivity contribution in [2.24, 2.45) is 0 Å². The van der Waals surface area contributed by atoms with Crippen LogP contribution in [0.4, 0.5) is 0 Å². The topological polar surface area (TPSA) is 38.9 Å². The first-order valence-electron chi connectivity index (χ1n) is 17.8. The fraction of sp³-hybridized carbons (Fsp3) is 0.0400. The van der Waals surface area contributed by atoms with Crippen LogP contribution in [0.15, 0.2) is 175 Å². The molecule has 0 aliphatic rings. The van der Waals surface area contributed by atoms with Crippen molar-refractivity contribution in [3.05, 3.63) is 193 Å². The standard InChI is InChI=1S/C39H26NO.C11H8N.Ir/c1-24-23-40-37(35-14-8-13-33-34-20-15-27-11-6-7-12-32(27)38(34)41-39(33)35)22-36(24)31-19-17-29-21-28(16-18-30(29)25(31)2)26-9-4-3-5-10-26;1-2-6-10(7-3-1)11-8-4-5-9-12-11;/h3-13,15-23H,1-2H3;1-6,8-9H;/q2*-1;. The number of hydrogen-bond donors (Lipinski definition) is 0. The number of aryl methyl sites for hydroxylation is 2. The molecule has 0 fully saturated rings. The largest absolute Gasteiger partial charge is 0.500 e. The molecule has 3 nitrogen and oxygen atoms in total. The molecular weight excluding hydrogens is 837 g/mol. The molecule has 3 heterocycles. The molecule has 7 aromatic carbocycles. The Bertz CT molecular complexity index is 2860. The molecule has 0 saturated heterocycles. The molecule has 3 aromatic heterocycles. The summed E-state index contributed by atoms with van der Waals surface area (Å²) in [4.78, 5) is 9.08. The molecule has 0 aliphatic heterocycles. The van der Waals surface area contributed by atoms with Gasteiger partial charge in [0.25, 0.3) is 0 Å². The molecule has 0 spiro atoms. The van der Waals surface area contributed by atoms with Crippen molar-refractivity contribution in [2.75, 3.05) is 0 Å². The molecule has 0 atom stereocenters. The molecule has 10 rings (SSSR count). The summed E-state index contributed by atoms with van der Waals surface area (Å²) in [6.45, 7) is 4.35. The van der Waals surface area contributed by atoms with Gasteiger partial charge in [-0.05, 0) is 86.9 Å². The summed E-state index contributed by atoms with van der Waals surface area (Å²) in [6, 6.07) is 61.0. The summed E-state index contributed by atoms with van der Waals surface area (Å²) in [5, 5.41) is 6.99. The number of aromatic nitrogens is 2. The molecule has 0 aliphatic carbocycles. The Morgan fingerprint density at radius 1 is 0.500 bits per heavy atom. The zero-order valence-electron chi connectivity index (χ0n) is 29.8. The van der Waals surface area contributed by atoms with Crippen LogP contribution in [0.25, 0.3) is 88.3 Å². The van der Waals surface area contributed by atoms with Crippen molar-refractivity contribution in [3.8, 4) is 44.8 Å². The first kappa shape index (κ1) is 34.9. The van der Waals surface area contributed by atoms with E-state index in [2.05, 4.69) is 140 Å². The molecule has 1 radical (unpaired) electrons. The van der Waals surface area contributed by atoms with Crippen LogP contribution >= 0.6 is 0 Å². The van der Waals surface area contributed by atoms with Crippen molar-refractivity contribution < 1.29 is 24.5 Å². The van der Waals surface area contributed by atoms with Gasteiger partial charge in [-0.15, -0.1) is 54.1 Å². The molecule has 0 saturated carbocycles. The third-order valence-corrected chi connectivity index (χ3v) is 10.0. The summed E-state index contributed by atoms with van der Waals surface area (Å²) in [6.07, 6.45) is 3.76. The number of rotatable bonds is 4. The Balaban J connectivity index is 0.000000271. The molecule has 261 valence electrons. The molecule has 10 aromatic rings. The first-order valence-corrected chi connectivity index (χ1v) is 17.8. The zero-order chi connectivity index (χ0) is 35.7. The second-order valence-electron chi connectivity index (χ2n) is 13.3. The van der Waals surface area contributed by atoms with Crippen LogP contribution in [0.5, 0.6) is 0 Å². The summed E-state index contributed by atoms with van der Waals surface area (Å²) in [7, 11) is 0. The van der Waals surface area contributed by atoms with Gasteiger partial charge in [0.1, 0.15) is 5.58 Å². The quantitative estimate of drug-likeness (QED) is 0.165. The van der Waals surface area contributed by atoms with Crippen molar-refractivity contribution in [1.82, 2.24) is 9.97 Å². The molecule has 54 heavy (non-hydrogen) atoms. The maximum atomic E-state index is 6.58. The van der Waals surface area contributed by atoms with E-state index in [-0.39, 0.29) is 20.1 Å². The predicted octanol–water partition coefficient (Wildman–Crippen LogP) is 13.3. The van der Waals surface area contributed by atoms with Gasteiger partial charge >= 0.3 is 0 Å². The van der Waals surface area contributed by atoms with Gasteiger partial charge in [-0.3, -0.25) is 0 Å². The van der Waals surface area contributed by atoms with Crippen LogP contribution in [0.1, 0.15) is 11.1 Å². The van der Waals surface area contributed by atoms with Crippen molar-refractivity contribution >= 4 is 43.5 Å². The van der Waals surface area contributed by atoms with E-state index in [1.54, 1.807) is 6.20 Å². The maximum absolute atomic E-state index is 6.58. The van der Waals surface area contributed by atoms with Gasteiger partial charge in [-0.1, -0.05) is 120 Å². The van der Waals surface area contributed by atoms with E-state index in [0.29, 0.717) is 0 Å². The van der Waals surface area contributed by atoms with Gasteiger partial charge in [0.05, 0.1) is 5.58 Å². The maximum Gasteiger partial charge on any atom is 0.128 e. The van der Waals surface area contributed by atoms with Crippen LogP contribution in [0.3, 0.4) is 0 Å². The average Bonchev–Trinajstić information content (AvgIpc) is 3.62. The molecule has 0 amide bonds. The number of furan rings is 1. The summed E-state index contributed by atoms with van der Waals surface area (Å²) >= 11 is 0. The number of nitrogens with zero attached hydrogens (tertiary/aromatic N) is 2. The third-order valence-electron chi connectivity index (χ3n) is 10.0. The van der Waals surface area contributed by atoms with Gasteiger partial charge in [-0.2, -0.15) is 0 Å². The minimum atomic E-state index is 0. The van der Waals surface area contributed by atoms with E-state index < -0.39 is 0 Å². The van der Waals surface area contributed by atoms with Gasteiger partial charge in [0, 0.05) is 43.3 Å². The van der Waals surface area contributed by atoms with E-state index in [1.165, 1.54) is 44.0 Å². The van der Waals surface area contributed by atoms with E-state index >= 15 is 0 Å². The first-order chi connectivity index (χ1) is 26.1.